The van der Waals surface area contributed by atoms with Gasteiger partial charge in [-0.15, -0.1) is 0 Å². The van der Waals surface area contributed by atoms with Crippen LogP contribution >= 0.6 is 11.6 Å². The minimum absolute atomic E-state index is 0.0939. The topological polar surface area (TPSA) is 106 Å². The highest BCUT2D eigenvalue weighted by molar-refractivity contribution is 6.33. The summed E-state index contributed by atoms with van der Waals surface area (Å²) >= 11 is 6.83. The number of carbonyl (C=O) groups excluding carboxylic acids is 1. The number of nitrogens with one attached hydrogen (secondary N) is 2. The van der Waals surface area contributed by atoms with Crippen LogP contribution in [-0.4, -0.2) is 96.5 Å². The number of quaternary nitrogens is 1. The van der Waals surface area contributed by atoms with Crippen molar-refractivity contribution in [2.75, 3.05) is 57.9 Å². The number of anilines is 1. The first-order valence-electron chi connectivity index (χ1n) is 14.4. The molecular formula is C29H40ClN8O2+. The maximum atomic E-state index is 12.6. The lowest BCUT2D eigenvalue weighted by atomic mass is 9.95. The Morgan fingerprint density at radius 2 is 1.98 bits per heavy atom. The SMILES string of the molecule is CNC(=O)N1CCC([NH2+]C2CCN(C3COC3)CC2)=C(C(=N)N2CCCc3cc(-c4cnn(C)c4)c(Cl)cc32)C1. The molecular weight excluding hydrogens is 528 g/mol. The summed E-state index contributed by atoms with van der Waals surface area (Å²) < 4.78 is 7.18. The molecule has 1 aromatic heterocycles. The Hall–Kier alpha value is -2.92. The van der Waals surface area contributed by atoms with Gasteiger partial charge in [0.25, 0.3) is 0 Å². The molecule has 1 aromatic carbocycles. The van der Waals surface area contributed by atoms with Gasteiger partial charge >= 0.3 is 6.03 Å². The molecule has 0 radical (unpaired) electrons. The number of hydrogen-bond donors (Lipinski definition) is 3. The minimum atomic E-state index is -0.0939. The number of aromatic nitrogens is 2. The van der Waals surface area contributed by atoms with Crippen LogP contribution in [0, 0.1) is 5.41 Å². The summed E-state index contributed by atoms with van der Waals surface area (Å²) in [6.07, 6.45) is 8.72. The molecule has 0 aliphatic carbocycles. The molecule has 0 atom stereocenters. The van der Waals surface area contributed by atoms with Crippen molar-refractivity contribution in [3.63, 3.8) is 0 Å². The first-order chi connectivity index (χ1) is 19.4. The molecule has 2 amide bonds. The number of hydrogen-bond acceptors (Lipinski definition) is 5. The molecule has 0 saturated carbocycles. The number of nitrogens with two attached hydrogens (primary N) is 1. The molecule has 2 aromatic rings. The zero-order valence-corrected chi connectivity index (χ0v) is 24.2. The van der Waals surface area contributed by atoms with Gasteiger partial charge in [-0.3, -0.25) is 15.0 Å². The number of aryl methyl sites for hydroxylation is 2. The Bertz CT molecular complexity index is 1310. The number of fused-ring (bicyclic) bond motifs is 1. The third kappa shape index (κ3) is 5.37. The van der Waals surface area contributed by atoms with Crippen molar-refractivity contribution < 1.29 is 14.8 Å². The number of piperidine rings is 1. The Kier molecular flexibility index (Phi) is 7.85. The first-order valence-corrected chi connectivity index (χ1v) is 14.8. The van der Waals surface area contributed by atoms with Gasteiger partial charge in [0.15, 0.2) is 0 Å². The number of likely N-dealkylation sites (tertiary alicyclic amines) is 1. The van der Waals surface area contributed by atoms with Crippen molar-refractivity contribution in [2.45, 2.75) is 44.2 Å². The largest absolute Gasteiger partial charge is 0.378 e. The van der Waals surface area contributed by atoms with Gasteiger partial charge < -0.3 is 25.2 Å². The summed E-state index contributed by atoms with van der Waals surface area (Å²) in [5, 5.41) is 19.6. The number of carbonyl (C=O) groups is 1. The monoisotopic (exact) mass is 567 g/mol. The second-order valence-electron chi connectivity index (χ2n) is 11.4. The number of halogens is 1. The molecule has 40 heavy (non-hydrogen) atoms. The average Bonchev–Trinajstić information content (AvgIpc) is 3.37. The van der Waals surface area contributed by atoms with Crippen LogP contribution in [0.4, 0.5) is 10.5 Å². The predicted octanol–water partition coefficient (Wildman–Crippen LogP) is 2.20. The van der Waals surface area contributed by atoms with E-state index in [1.54, 1.807) is 11.7 Å². The Labute approximate surface area is 240 Å². The van der Waals surface area contributed by atoms with E-state index in [0.717, 1.165) is 87.3 Å². The van der Waals surface area contributed by atoms with Gasteiger partial charge in [-0.25, -0.2) is 4.79 Å². The zero-order chi connectivity index (χ0) is 27.8. The highest BCUT2D eigenvalue weighted by Crippen LogP contribution is 2.38. The van der Waals surface area contributed by atoms with Crippen molar-refractivity contribution in [1.29, 1.82) is 5.41 Å². The number of rotatable bonds is 5. The Balaban J connectivity index is 1.26. The third-order valence-electron chi connectivity index (χ3n) is 8.90. The number of amides is 2. The van der Waals surface area contributed by atoms with Crippen molar-refractivity contribution in [1.82, 2.24) is 24.9 Å². The lowest BCUT2D eigenvalue weighted by Gasteiger charge is -2.41. The predicted molar refractivity (Wildman–Crippen MR) is 156 cm³/mol. The van der Waals surface area contributed by atoms with E-state index >= 15 is 0 Å². The van der Waals surface area contributed by atoms with E-state index in [1.165, 1.54) is 11.3 Å². The molecule has 4 aliphatic heterocycles. The van der Waals surface area contributed by atoms with E-state index in [0.29, 0.717) is 36.0 Å². The van der Waals surface area contributed by atoms with E-state index in [9.17, 15) is 10.2 Å². The summed E-state index contributed by atoms with van der Waals surface area (Å²) in [6, 6.07) is 5.16. The molecule has 0 spiro atoms. The van der Waals surface area contributed by atoms with E-state index in [1.807, 2.05) is 30.4 Å². The van der Waals surface area contributed by atoms with E-state index in [-0.39, 0.29) is 6.03 Å². The van der Waals surface area contributed by atoms with Gasteiger partial charge in [-0.05, 0) is 30.5 Å². The summed E-state index contributed by atoms with van der Waals surface area (Å²) in [5.41, 5.74) is 6.32. The van der Waals surface area contributed by atoms with Crippen LogP contribution in [0.15, 0.2) is 35.8 Å². The van der Waals surface area contributed by atoms with Crippen molar-refractivity contribution in [3.05, 3.63) is 46.4 Å². The molecule has 4 N–H and O–H groups in total. The third-order valence-corrected chi connectivity index (χ3v) is 9.21. The number of nitrogens with zero attached hydrogens (tertiary/aromatic N) is 5. The molecule has 6 rings (SSSR count). The molecule has 214 valence electrons. The van der Waals surface area contributed by atoms with Gasteiger partial charge in [0.05, 0.1) is 48.6 Å². The standard InChI is InChI=1S/C29H39ClN8O2/c1-32-29(39)37-11-7-26(34-21-5-9-36(10-6-21)22-17-40-18-22)24(16-37)28(31)38-8-3-4-19-12-23(25(30)13-27(19)38)20-14-33-35(2)15-20/h12-15,21-22,31,34H,3-11,16-18H2,1-2H3,(H,32,39)/p+1. The number of amidine groups is 1. The Morgan fingerprint density at radius 1 is 1.18 bits per heavy atom. The fraction of sp³-hybridized carbons (Fsp3) is 0.552. The number of benzene rings is 1. The molecule has 0 unspecified atom stereocenters. The van der Waals surface area contributed by atoms with Gasteiger partial charge in [0.1, 0.15) is 11.5 Å². The van der Waals surface area contributed by atoms with Gasteiger partial charge in [0.2, 0.25) is 0 Å². The minimum Gasteiger partial charge on any atom is -0.378 e. The van der Waals surface area contributed by atoms with Crippen LogP contribution < -0.4 is 15.5 Å². The molecule has 0 bridgehead atoms. The summed E-state index contributed by atoms with van der Waals surface area (Å²) in [6.45, 7) is 5.77. The first kappa shape index (κ1) is 27.3. The van der Waals surface area contributed by atoms with Crippen LogP contribution in [0.1, 0.15) is 31.2 Å². The van der Waals surface area contributed by atoms with Gasteiger partial charge in [-0.2, -0.15) is 5.10 Å². The lowest BCUT2D eigenvalue weighted by Crippen LogP contribution is -2.90. The highest BCUT2D eigenvalue weighted by atomic mass is 35.5. The molecule has 5 heterocycles. The second-order valence-corrected chi connectivity index (χ2v) is 11.8. The number of ether oxygens (including phenoxy) is 1. The molecule has 2 fully saturated rings. The highest BCUT2D eigenvalue weighted by Gasteiger charge is 2.35. The lowest BCUT2D eigenvalue weighted by molar-refractivity contribution is -0.649. The number of urea groups is 1. The molecule has 4 aliphatic rings. The summed E-state index contributed by atoms with van der Waals surface area (Å²) in [5.74, 6) is 0.482. The fourth-order valence-corrected chi connectivity index (χ4v) is 6.74. The van der Waals surface area contributed by atoms with Crippen LogP contribution in [0.3, 0.4) is 0 Å². The van der Waals surface area contributed by atoms with Crippen molar-refractivity contribution >= 4 is 29.2 Å². The van der Waals surface area contributed by atoms with Gasteiger partial charge in [0, 0.05) is 82.5 Å². The van der Waals surface area contributed by atoms with E-state index in [4.69, 9.17) is 16.3 Å². The van der Waals surface area contributed by atoms with Crippen LogP contribution in [0.25, 0.3) is 11.1 Å². The maximum Gasteiger partial charge on any atom is 0.317 e. The average molecular weight is 568 g/mol. The van der Waals surface area contributed by atoms with E-state index in [2.05, 4.69) is 31.6 Å². The quantitative estimate of drug-likeness (QED) is 0.379. The summed E-state index contributed by atoms with van der Waals surface area (Å²) in [7, 11) is 3.57. The molecule has 10 nitrogen and oxygen atoms in total. The second kappa shape index (κ2) is 11.5. The van der Waals surface area contributed by atoms with Gasteiger partial charge in [-0.1, -0.05) is 11.6 Å². The Morgan fingerprint density at radius 3 is 2.65 bits per heavy atom. The summed E-state index contributed by atoms with van der Waals surface area (Å²) in [4.78, 5) is 19.1. The molecule has 2 saturated heterocycles. The van der Waals surface area contributed by atoms with Crippen molar-refractivity contribution in [2.24, 2.45) is 7.05 Å². The maximum absolute atomic E-state index is 12.6. The van der Waals surface area contributed by atoms with Crippen LogP contribution in [0.2, 0.25) is 5.02 Å². The smallest absolute Gasteiger partial charge is 0.317 e. The molecule has 11 heteroatoms. The normalized spacial score (nSPS) is 20.9. The van der Waals surface area contributed by atoms with Crippen LogP contribution in [0.5, 0.6) is 0 Å². The van der Waals surface area contributed by atoms with E-state index < -0.39 is 0 Å². The van der Waals surface area contributed by atoms with Crippen LogP contribution in [-0.2, 0) is 18.2 Å². The fourth-order valence-electron chi connectivity index (χ4n) is 6.47. The van der Waals surface area contributed by atoms with Crippen molar-refractivity contribution in [3.8, 4) is 11.1 Å². The zero-order valence-electron chi connectivity index (χ0n) is 23.5.